The van der Waals surface area contributed by atoms with Crippen LogP contribution < -0.4 is 0 Å². The van der Waals surface area contributed by atoms with Crippen LogP contribution in [0, 0.1) is 26.1 Å². The molecule has 1 amide bonds. The minimum absolute atomic E-state index is 0.0445. The number of ether oxygens (including phenoxy) is 1. The molecule has 1 fully saturated rings. The number of hydrogen-bond acceptors (Lipinski definition) is 8. The molecular weight excluding hydrogens is 338 g/mol. The van der Waals surface area contributed by atoms with Gasteiger partial charge in [0.25, 0.3) is 13.1 Å². The fourth-order valence-corrected chi connectivity index (χ4v) is 2.59. The summed E-state index contributed by atoms with van der Waals surface area (Å²) >= 11 is 0. The minimum atomic E-state index is -1.21. The monoisotopic (exact) mass is 359 g/mol. The summed E-state index contributed by atoms with van der Waals surface area (Å²) < 4.78 is 5.19. The number of rotatable bonds is 6. The molecule has 1 saturated heterocycles. The lowest BCUT2D eigenvalue weighted by molar-refractivity contribution is -0.468. The zero-order valence-corrected chi connectivity index (χ0v) is 14.3. The highest BCUT2D eigenvalue weighted by Gasteiger charge is 2.42. The van der Waals surface area contributed by atoms with Crippen LogP contribution in [0.3, 0.4) is 0 Å². The van der Waals surface area contributed by atoms with E-state index in [1.165, 1.54) is 0 Å². The van der Waals surface area contributed by atoms with Gasteiger partial charge in [-0.3, -0.25) is 34.7 Å². The quantitative estimate of drug-likeness (QED) is 0.496. The van der Waals surface area contributed by atoms with Gasteiger partial charge in [-0.05, 0) is 33.6 Å². The fourth-order valence-electron chi connectivity index (χ4n) is 2.59. The molecule has 1 heterocycles. The number of hydrogen-bond donors (Lipinski definition) is 0. The van der Waals surface area contributed by atoms with Crippen LogP contribution in [-0.2, 0) is 14.3 Å². The third kappa shape index (κ3) is 6.43. The number of amides is 1. The second kappa shape index (κ2) is 7.99. The highest BCUT2D eigenvalue weighted by atomic mass is 16.6. The first-order valence-corrected chi connectivity index (χ1v) is 7.69. The molecule has 0 aromatic heterocycles. The third-order valence-corrected chi connectivity index (χ3v) is 3.63. The molecule has 0 bridgehead atoms. The number of likely N-dealkylation sites (tertiary alicyclic amines) is 1. The molecule has 11 heteroatoms. The number of carbonyl (C=O) groups excluding carboxylic acids is 3. The van der Waals surface area contributed by atoms with E-state index in [9.17, 15) is 34.6 Å². The first-order valence-electron chi connectivity index (χ1n) is 7.69. The van der Waals surface area contributed by atoms with E-state index in [1.54, 1.807) is 20.8 Å². The lowest BCUT2D eigenvalue weighted by atomic mass is 9.86. The summed E-state index contributed by atoms with van der Waals surface area (Å²) in [7, 11) is 0. The second-order valence-electron chi connectivity index (χ2n) is 6.83. The van der Waals surface area contributed by atoms with Crippen molar-refractivity contribution in [2.24, 2.45) is 5.92 Å². The van der Waals surface area contributed by atoms with Crippen LogP contribution in [0.15, 0.2) is 0 Å². The Morgan fingerprint density at radius 2 is 1.60 bits per heavy atom. The van der Waals surface area contributed by atoms with Crippen molar-refractivity contribution in [2.75, 3.05) is 19.6 Å². The number of Topliss-reactive ketones (excluding diaryl/α,β-unsaturated/α-hetero) is 2. The Kier molecular flexibility index (Phi) is 6.54. The van der Waals surface area contributed by atoms with E-state index < -0.39 is 58.2 Å². The van der Waals surface area contributed by atoms with Gasteiger partial charge in [0.2, 0.25) is 11.6 Å². The zero-order valence-electron chi connectivity index (χ0n) is 14.3. The highest BCUT2D eigenvalue weighted by Crippen LogP contribution is 2.26. The third-order valence-electron chi connectivity index (χ3n) is 3.63. The van der Waals surface area contributed by atoms with E-state index in [2.05, 4.69) is 0 Å². The maximum absolute atomic E-state index is 12.3. The molecule has 1 rings (SSSR count). The summed E-state index contributed by atoms with van der Waals surface area (Å²) in [5.41, 5.74) is -0.827. The van der Waals surface area contributed by atoms with E-state index in [1.807, 2.05) is 0 Å². The predicted octanol–water partition coefficient (Wildman–Crippen LogP) is 0.694. The van der Waals surface area contributed by atoms with E-state index >= 15 is 0 Å². The lowest BCUT2D eigenvalue weighted by Crippen LogP contribution is -2.54. The van der Waals surface area contributed by atoms with Gasteiger partial charge in [-0.2, -0.15) is 0 Å². The standard InChI is InChI=1S/C14H21N3O8/c1-14(2,3)25-13(20)15-5-4-9(11(18)7-16(21)22)6-10(15)12(19)8-17(23)24/h9-10H,4-8H2,1-3H3. The molecule has 0 aromatic carbocycles. The number of nitro groups is 2. The molecule has 25 heavy (non-hydrogen) atoms. The van der Waals surface area contributed by atoms with Gasteiger partial charge in [-0.15, -0.1) is 0 Å². The maximum Gasteiger partial charge on any atom is 0.410 e. The van der Waals surface area contributed by atoms with Gasteiger partial charge >= 0.3 is 6.09 Å². The van der Waals surface area contributed by atoms with Gasteiger partial charge in [0.1, 0.15) is 11.6 Å². The Morgan fingerprint density at radius 1 is 1.08 bits per heavy atom. The van der Waals surface area contributed by atoms with Gasteiger partial charge < -0.3 is 4.74 Å². The first kappa shape index (κ1) is 20.5. The molecule has 1 aliphatic heterocycles. The van der Waals surface area contributed by atoms with Gasteiger partial charge in [-0.25, -0.2) is 4.79 Å². The summed E-state index contributed by atoms with van der Waals surface area (Å²) in [6.07, 6.45) is -0.860. The van der Waals surface area contributed by atoms with Crippen LogP contribution in [0.25, 0.3) is 0 Å². The van der Waals surface area contributed by atoms with E-state index in [4.69, 9.17) is 4.74 Å². The number of piperidine rings is 1. The fraction of sp³-hybridized carbons (Fsp3) is 0.786. The number of ketones is 2. The van der Waals surface area contributed by atoms with Crippen molar-refractivity contribution in [1.29, 1.82) is 0 Å². The van der Waals surface area contributed by atoms with E-state index in [0.717, 1.165) is 4.90 Å². The van der Waals surface area contributed by atoms with Crippen molar-refractivity contribution in [1.82, 2.24) is 4.90 Å². The van der Waals surface area contributed by atoms with Crippen molar-refractivity contribution >= 4 is 17.7 Å². The molecule has 0 N–H and O–H groups in total. The Hall–Kier alpha value is -2.59. The smallest absolute Gasteiger partial charge is 0.410 e. The van der Waals surface area contributed by atoms with E-state index in [-0.39, 0.29) is 19.4 Å². The molecule has 2 unspecified atom stereocenters. The topological polar surface area (TPSA) is 150 Å². The summed E-state index contributed by atoms with van der Waals surface area (Å²) in [6.45, 7) is 2.97. The first-order chi connectivity index (χ1) is 11.4. The van der Waals surface area contributed by atoms with Crippen molar-refractivity contribution in [3.05, 3.63) is 20.2 Å². The average Bonchev–Trinajstić information content (AvgIpc) is 2.43. The van der Waals surface area contributed by atoms with Gasteiger partial charge in [0.15, 0.2) is 0 Å². The Labute approximate surface area is 143 Å². The van der Waals surface area contributed by atoms with Crippen molar-refractivity contribution in [2.45, 2.75) is 45.3 Å². The van der Waals surface area contributed by atoms with Crippen LogP contribution in [0.5, 0.6) is 0 Å². The Balaban J connectivity index is 2.96. The molecule has 140 valence electrons. The van der Waals surface area contributed by atoms with Crippen LogP contribution in [-0.4, -0.2) is 63.7 Å². The Bertz CT molecular complexity index is 583. The molecule has 0 radical (unpaired) electrons. The molecule has 0 spiro atoms. The molecule has 0 aliphatic carbocycles. The van der Waals surface area contributed by atoms with Gasteiger partial charge in [0, 0.05) is 22.3 Å². The molecule has 1 aliphatic rings. The zero-order chi connectivity index (χ0) is 19.4. The summed E-state index contributed by atoms with van der Waals surface area (Å²) in [6, 6.07) is -1.21. The predicted molar refractivity (Wildman–Crippen MR) is 83.2 cm³/mol. The Morgan fingerprint density at radius 3 is 2.08 bits per heavy atom. The van der Waals surface area contributed by atoms with Crippen molar-refractivity contribution < 1.29 is 29.0 Å². The van der Waals surface area contributed by atoms with Crippen LogP contribution in [0.2, 0.25) is 0 Å². The van der Waals surface area contributed by atoms with E-state index in [0.29, 0.717) is 0 Å². The van der Waals surface area contributed by atoms with Crippen molar-refractivity contribution in [3.63, 3.8) is 0 Å². The molecule has 11 nitrogen and oxygen atoms in total. The number of carbonyl (C=O) groups is 3. The summed E-state index contributed by atoms with van der Waals surface area (Å²) in [5, 5.41) is 21.1. The minimum Gasteiger partial charge on any atom is -0.444 e. The van der Waals surface area contributed by atoms with Crippen LogP contribution in [0.1, 0.15) is 33.6 Å². The normalized spacial score (nSPS) is 20.7. The van der Waals surface area contributed by atoms with Gasteiger partial charge in [-0.1, -0.05) is 0 Å². The van der Waals surface area contributed by atoms with Crippen molar-refractivity contribution in [3.8, 4) is 0 Å². The van der Waals surface area contributed by atoms with Crippen LogP contribution >= 0.6 is 0 Å². The number of nitrogens with zero attached hydrogens (tertiary/aromatic N) is 3. The summed E-state index contributed by atoms with van der Waals surface area (Å²) in [4.78, 5) is 56.9. The largest absolute Gasteiger partial charge is 0.444 e. The van der Waals surface area contributed by atoms with Gasteiger partial charge in [0.05, 0.1) is 0 Å². The maximum atomic E-state index is 12.3. The molecule has 0 saturated carbocycles. The SMILES string of the molecule is CC(C)(C)OC(=O)N1CCC(C(=O)C[N+](=O)[O-])CC1C(=O)C[N+](=O)[O-]. The second-order valence-corrected chi connectivity index (χ2v) is 6.83. The average molecular weight is 359 g/mol. The summed E-state index contributed by atoms with van der Waals surface area (Å²) in [5.74, 6) is -2.30. The van der Waals surface area contributed by atoms with Crippen LogP contribution in [0.4, 0.5) is 4.79 Å². The lowest BCUT2D eigenvalue weighted by Gasteiger charge is -2.37. The molecular formula is C14H21N3O8. The molecule has 0 aromatic rings. The highest BCUT2D eigenvalue weighted by molar-refractivity contribution is 5.90. The molecule has 2 atom stereocenters.